The molecule has 1 spiro atoms. The maximum Gasteiger partial charge on any atom is 0.329 e. The van der Waals surface area contributed by atoms with Crippen molar-refractivity contribution in [2.45, 2.75) is 93.4 Å². The number of aryl methyl sites for hydroxylation is 1. The Balaban J connectivity index is 1.24. The fourth-order valence-electron chi connectivity index (χ4n) is 8.26. The second kappa shape index (κ2) is 12.6. The maximum absolute atomic E-state index is 12.8. The molecular formula is C36H43ClN2O4S. The van der Waals surface area contributed by atoms with Crippen molar-refractivity contribution in [1.82, 2.24) is 4.98 Å². The lowest BCUT2D eigenvalue weighted by atomic mass is 9.59. The molecule has 0 radical (unpaired) electrons. The SMILES string of the molecule is C[C@@H](COc1ccnc2c1[C@H](C)CCC2)CC1Cc2ccc([S+](C)[O-])cc2C12CCC(Nc1cccc(Cl)c1)(C(=O)O)CC2. The molecule has 6 rings (SSSR count). The summed E-state index contributed by atoms with van der Waals surface area (Å²) in [5.41, 5.74) is 4.51. The number of fused-ring (bicyclic) bond motifs is 3. The van der Waals surface area contributed by atoms with Crippen LogP contribution in [0, 0.1) is 11.8 Å². The van der Waals surface area contributed by atoms with E-state index < -0.39 is 22.7 Å². The van der Waals surface area contributed by atoms with Crippen molar-refractivity contribution in [2.75, 3.05) is 18.2 Å². The smallest absolute Gasteiger partial charge is 0.329 e. The zero-order chi connectivity index (χ0) is 31.1. The lowest BCUT2D eigenvalue weighted by molar-refractivity contribution is -0.144. The summed E-state index contributed by atoms with van der Waals surface area (Å²) in [4.78, 5) is 18.3. The van der Waals surface area contributed by atoms with Crippen molar-refractivity contribution in [2.24, 2.45) is 11.8 Å². The van der Waals surface area contributed by atoms with Gasteiger partial charge in [0.1, 0.15) is 17.5 Å². The van der Waals surface area contributed by atoms with Gasteiger partial charge in [0.25, 0.3) is 0 Å². The summed E-state index contributed by atoms with van der Waals surface area (Å²) in [5.74, 6) is 1.26. The van der Waals surface area contributed by atoms with Gasteiger partial charge in [-0.05, 0) is 140 Å². The summed E-state index contributed by atoms with van der Waals surface area (Å²) in [6.07, 6.45) is 11.4. The highest BCUT2D eigenvalue weighted by Crippen LogP contribution is 2.56. The molecule has 2 unspecified atom stereocenters. The van der Waals surface area contributed by atoms with Crippen molar-refractivity contribution in [1.29, 1.82) is 0 Å². The zero-order valence-corrected chi connectivity index (χ0v) is 27.5. The topological polar surface area (TPSA) is 94.5 Å². The highest BCUT2D eigenvalue weighted by atomic mass is 35.5. The van der Waals surface area contributed by atoms with E-state index in [4.69, 9.17) is 16.3 Å². The molecule has 1 fully saturated rings. The minimum Gasteiger partial charge on any atom is -0.612 e. The van der Waals surface area contributed by atoms with E-state index in [1.807, 2.05) is 30.5 Å². The first-order chi connectivity index (χ1) is 21.1. The second-order valence-corrected chi connectivity index (χ2v) is 15.3. The van der Waals surface area contributed by atoms with Crippen LogP contribution in [0.1, 0.15) is 87.1 Å². The number of aromatic nitrogens is 1. The van der Waals surface area contributed by atoms with E-state index in [-0.39, 0.29) is 5.41 Å². The van der Waals surface area contributed by atoms with E-state index in [1.54, 1.807) is 18.4 Å². The van der Waals surface area contributed by atoms with Gasteiger partial charge < -0.3 is 19.7 Å². The van der Waals surface area contributed by atoms with Crippen molar-refractivity contribution < 1.29 is 19.2 Å². The third kappa shape index (κ3) is 5.95. The van der Waals surface area contributed by atoms with Gasteiger partial charge in [-0.2, -0.15) is 0 Å². The Morgan fingerprint density at radius 1 is 1.20 bits per heavy atom. The first-order valence-electron chi connectivity index (χ1n) is 15.9. The van der Waals surface area contributed by atoms with E-state index in [0.29, 0.717) is 42.2 Å². The number of anilines is 1. The number of carbonyl (C=O) groups is 1. The van der Waals surface area contributed by atoms with Crippen LogP contribution in [0.25, 0.3) is 0 Å². The van der Waals surface area contributed by atoms with Gasteiger partial charge in [-0.1, -0.05) is 37.6 Å². The Morgan fingerprint density at radius 2 is 2.00 bits per heavy atom. The maximum atomic E-state index is 12.8. The number of ether oxygens (including phenoxy) is 1. The number of halogens is 1. The Bertz CT molecular complexity index is 1520. The Labute approximate surface area is 269 Å². The average Bonchev–Trinajstić information content (AvgIpc) is 3.28. The Morgan fingerprint density at radius 3 is 2.73 bits per heavy atom. The van der Waals surface area contributed by atoms with Crippen LogP contribution in [0.2, 0.25) is 5.02 Å². The minimum absolute atomic E-state index is 0.168. The zero-order valence-electron chi connectivity index (χ0n) is 25.9. The fraction of sp³-hybridized carbons (Fsp3) is 0.500. The predicted octanol–water partition coefficient (Wildman–Crippen LogP) is 7.94. The first-order valence-corrected chi connectivity index (χ1v) is 17.9. The van der Waals surface area contributed by atoms with Crippen LogP contribution in [0.5, 0.6) is 5.75 Å². The number of hydrogen-bond donors (Lipinski definition) is 2. The molecule has 2 aromatic carbocycles. The number of nitrogens with zero attached hydrogens (tertiary/aromatic N) is 1. The van der Waals surface area contributed by atoms with Crippen LogP contribution >= 0.6 is 11.6 Å². The van der Waals surface area contributed by atoms with E-state index in [0.717, 1.165) is 48.4 Å². The van der Waals surface area contributed by atoms with Gasteiger partial charge in [-0.3, -0.25) is 4.98 Å². The van der Waals surface area contributed by atoms with Crippen molar-refractivity contribution in [3.8, 4) is 5.75 Å². The van der Waals surface area contributed by atoms with Gasteiger partial charge in [0.05, 0.1) is 6.61 Å². The number of carboxylic acid groups (broad SMARTS) is 1. The molecule has 0 saturated heterocycles. The highest BCUT2D eigenvalue weighted by molar-refractivity contribution is 7.90. The van der Waals surface area contributed by atoms with Crippen LogP contribution in [0.15, 0.2) is 59.6 Å². The first kappa shape index (κ1) is 31.3. The van der Waals surface area contributed by atoms with Gasteiger partial charge >= 0.3 is 5.97 Å². The molecule has 234 valence electrons. The Hall–Kier alpha value is -2.74. The summed E-state index contributed by atoms with van der Waals surface area (Å²) < 4.78 is 19.0. The molecule has 4 atom stereocenters. The molecule has 2 N–H and O–H groups in total. The summed E-state index contributed by atoms with van der Waals surface area (Å²) in [5, 5.41) is 14.4. The third-order valence-electron chi connectivity index (χ3n) is 10.6. The highest BCUT2D eigenvalue weighted by Gasteiger charge is 2.54. The van der Waals surface area contributed by atoms with Gasteiger partial charge in [0.15, 0.2) is 4.90 Å². The summed E-state index contributed by atoms with van der Waals surface area (Å²) in [6, 6.07) is 15.6. The van der Waals surface area contributed by atoms with Gasteiger partial charge in [0, 0.05) is 28.2 Å². The molecule has 44 heavy (non-hydrogen) atoms. The number of carboxylic acids is 1. The molecule has 0 amide bonds. The molecule has 1 heterocycles. The number of hydrogen-bond acceptors (Lipinski definition) is 5. The average molecular weight is 635 g/mol. The molecule has 8 heteroatoms. The number of pyridine rings is 1. The predicted molar refractivity (Wildman–Crippen MR) is 176 cm³/mol. The molecule has 1 aromatic heterocycles. The minimum atomic E-state index is -1.09. The standard InChI is InChI=1S/C36H43ClN2O4S/c1-23(22-43-32-12-17-38-31-9-4-6-24(2)33(31)32)18-26-19-25-10-11-29(44(3)42)21-30(25)35(26)13-15-36(16-14-35,34(40)41)39-28-8-5-7-27(37)20-28/h5,7-8,10-12,17,20-21,23-24,26,39H,4,6,9,13-16,18-19,22H2,1-3H3,(H,40,41)/t23-,24-,26?,35?,36?,44?/m1/s1. The lowest BCUT2D eigenvalue weighted by Gasteiger charge is -2.47. The quantitative estimate of drug-likeness (QED) is 0.232. The molecule has 0 aliphatic heterocycles. The van der Waals surface area contributed by atoms with Crippen molar-refractivity contribution in [3.63, 3.8) is 0 Å². The molecule has 6 nitrogen and oxygen atoms in total. The number of aliphatic carboxylic acids is 1. The molecule has 1 saturated carbocycles. The monoisotopic (exact) mass is 634 g/mol. The van der Waals surface area contributed by atoms with Crippen LogP contribution in [0.3, 0.4) is 0 Å². The molecule has 3 aliphatic carbocycles. The number of nitrogens with one attached hydrogen (secondary N) is 1. The van der Waals surface area contributed by atoms with E-state index in [9.17, 15) is 14.5 Å². The lowest BCUT2D eigenvalue weighted by Crippen LogP contribution is -2.53. The largest absolute Gasteiger partial charge is 0.612 e. The van der Waals surface area contributed by atoms with Gasteiger partial charge in [0.2, 0.25) is 0 Å². The van der Waals surface area contributed by atoms with Crippen LogP contribution in [0.4, 0.5) is 5.69 Å². The number of benzene rings is 2. The number of rotatable bonds is 9. The normalized spacial score (nSPS) is 27.3. The summed E-state index contributed by atoms with van der Waals surface area (Å²) >= 11 is 5.14. The fourth-order valence-corrected chi connectivity index (χ4v) is 8.99. The summed E-state index contributed by atoms with van der Waals surface area (Å²) in [6.45, 7) is 5.17. The third-order valence-corrected chi connectivity index (χ3v) is 11.8. The molecular weight excluding hydrogens is 592 g/mol. The molecule has 0 bridgehead atoms. The van der Waals surface area contributed by atoms with Crippen molar-refractivity contribution >= 4 is 34.4 Å². The van der Waals surface area contributed by atoms with Gasteiger partial charge in [-0.15, -0.1) is 0 Å². The summed E-state index contributed by atoms with van der Waals surface area (Å²) in [7, 11) is 0. The van der Waals surface area contributed by atoms with Crippen LogP contribution in [-0.2, 0) is 34.2 Å². The van der Waals surface area contributed by atoms with Crippen molar-refractivity contribution in [3.05, 3.63) is 82.1 Å². The van der Waals surface area contributed by atoms with Crippen LogP contribution in [-0.4, -0.2) is 39.0 Å². The van der Waals surface area contributed by atoms with E-state index in [2.05, 4.69) is 36.3 Å². The van der Waals surface area contributed by atoms with E-state index >= 15 is 0 Å². The second-order valence-electron chi connectivity index (χ2n) is 13.5. The van der Waals surface area contributed by atoms with E-state index in [1.165, 1.54) is 35.2 Å². The molecule has 3 aromatic rings. The van der Waals surface area contributed by atoms with Crippen LogP contribution < -0.4 is 10.1 Å². The molecule has 3 aliphatic rings. The Kier molecular flexibility index (Phi) is 8.93. The van der Waals surface area contributed by atoms with Gasteiger partial charge in [-0.25, -0.2) is 4.79 Å².